The Balaban J connectivity index is 1.41. The molecule has 6 heteroatoms. The average molecular weight is 456 g/mol. The molecule has 0 aromatic heterocycles. The molecular formula is C27H41N3O3. The van der Waals surface area contributed by atoms with E-state index in [4.69, 9.17) is 4.74 Å². The molecule has 0 bridgehead atoms. The lowest BCUT2D eigenvalue weighted by Gasteiger charge is -2.43. The van der Waals surface area contributed by atoms with Gasteiger partial charge in [-0.15, -0.1) is 0 Å². The van der Waals surface area contributed by atoms with Gasteiger partial charge in [0.1, 0.15) is 5.75 Å². The predicted octanol–water partition coefficient (Wildman–Crippen LogP) is 3.81. The van der Waals surface area contributed by atoms with E-state index in [1.54, 1.807) is 0 Å². The molecule has 4 rings (SSSR count). The number of ether oxygens (including phenoxy) is 1. The van der Waals surface area contributed by atoms with E-state index in [-0.39, 0.29) is 17.2 Å². The molecule has 33 heavy (non-hydrogen) atoms. The minimum atomic E-state index is -0.322. The van der Waals surface area contributed by atoms with E-state index >= 15 is 0 Å². The van der Waals surface area contributed by atoms with Crippen LogP contribution in [0.1, 0.15) is 57.8 Å². The maximum absolute atomic E-state index is 13.3. The fraction of sp³-hybridized carbons (Fsp3) is 0.704. The summed E-state index contributed by atoms with van der Waals surface area (Å²) in [6.07, 6.45) is 9.16. The second-order valence-electron chi connectivity index (χ2n) is 10.6. The number of carbonyl (C=O) groups is 2. The summed E-state index contributed by atoms with van der Waals surface area (Å²) in [6.45, 7) is 5.32. The van der Waals surface area contributed by atoms with Crippen molar-refractivity contribution in [3.63, 3.8) is 0 Å². The molecule has 2 saturated heterocycles. The van der Waals surface area contributed by atoms with Crippen LogP contribution < -0.4 is 4.74 Å². The van der Waals surface area contributed by atoms with Gasteiger partial charge >= 0.3 is 0 Å². The summed E-state index contributed by atoms with van der Waals surface area (Å²) in [5.41, 5.74) is -0.322. The highest BCUT2D eigenvalue weighted by Gasteiger charge is 2.41. The highest BCUT2D eigenvalue weighted by molar-refractivity contribution is 5.78. The number of amides is 2. The number of likely N-dealkylation sites (tertiary alicyclic amines) is 1. The third kappa shape index (κ3) is 6.72. The number of piperidine rings is 1. The summed E-state index contributed by atoms with van der Waals surface area (Å²) < 4.78 is 6.21. The molecule has 3 aliphatic rings. The number of benzene rings is 1. The maximum Gasteiger partial charge on any atom is 0.223 e. The summed E-state index contributed by atoms with van der Waals surface area (Å²) in [5, 5.41) is 0. The van der Waals surface area contributed by atoms with Crippen molar-refractivity contribution in [2.24, 2.45) is 11.3 Å². The zero-order valence-corrected chi connectivity index (χ0v) is 20.3. The predicted molar refractivity (Wildman–Crippen MR) is 130 cm³/mol. The van der Waals surface area contributed by atoms with E-state index in [0.29, 0.717) is 26.0 Å². The monoisotopic (exact) mass is 455 g/mol. The molecule has 1 aromatic rings. The maximum atomic E-state index is 13.3. The number of nitrogens with zero attached hydrogens (tertiary/aromatic N) is 3. The smallest absolute Gasteiger partial charge is 0.223 e. The van der Waals surface area contributed by atoms with Crippen molar-refractivity contribution in [2.45, 2.75) is 57.8 Å². The first-order chi connectivity index (χ1) is 16.0. The summed E-state index contributed by atoms with van der Waals surface area (Å²) in [7, 11) is 2.10. The molecule has 0 spiro atoms. The summed E-state index contributed by atoms with van der Waals surface area (Å²) in [6, 6.07) is 9.84. The molecule has 1 unspecified atom stereocenters. The minimum Gasteiger partial charge on any atom is -0.493 e. The number of rotatable bonds is 8. The lowest BCUT2D eigenvalue weighted by molar-refractivity contribution is -0.142. The van der Waals surface area contributed by atoms with Crippen LogP contribution in [0, 0.1) is 11.3 Å². The van der Waals surface area contributed by atoms with Crippen LogP contribution in [0.2, 0.25) is 0 Å². The average Bonchev–Trinajstić information content (AvgIpc) is 3.36. The molecule has 6 nitrogen and oxygen atoms in total. The normalized spacial score (nSPS) is 24.8. The van der Waals surface area contributed by atoms with E-state index < -0.39 is 0 Å². The topological polar surface area (TPSA) is 53.1 Å². The lowest BCUT2D eigenvalue weighted by atomic mass is 9.77. The van der Waals surface area contributed by atoms with E-state index in [9.17, 15) is 9.59 Å². The molecule has 0 N–H and O–H groups in total. The van der Waals surface area contributed by atoms with Crippen molar-refractivity contribution in [1.82, 2.24) is 14.7 Å². The van der Waals surface area contributed by atoms with Crippen molar-refractivity contribution < 1.29 is 14.3 Å². The van der Waals surface area contributed by atoms with Gasteiger partial charge in [-0.05, 0) is 44.4 Å². The number of carbonyl (C=O) groups excluding carboxylic acids is 2. The van der Waals surface area contributed by atoms with Crippen LogP contribution in [0.4, 0.5) is 0 Å². The van der Waals surface area contributed by atoms with Crippen molar-refractivity contribution in [1.29, 1.82) is 0 Å². The van der Waals surface area contributed by atoms with Gasteiger partial charge in [-0.1, -0.05) is 43.9 Å². The Morgan fingerprint density at radius 3 is 2.39 bits per heavy atom. The number of piperazine rings is 1. The first-order valence-electron chi connectivity index (χ1n) is 12.9. The van der Waals surface area contributed by atoms with Gasteiger partial charge in [0.2, 0.25) is 11.8 Å². The molecule has 1 aliphatic carbocycles. The third-order valence-corrected chi connectivity index (χ3v) is 7.93. The number of hydrogen-bond donors (Lipinski definition) is 0. The fourth-order valence-electron chi connectivity index (χ4n) is 5.76. The van der Waals surface area contributed by atoms with Crippen LogP contribution in [-0.4, -0.2) is 79.4 Å². The second kappa shape index (κ2) is 11.4. The highest BCUT2D eigenvalue weighted by Crippen LogP contribution is 2.36. The van der Waals surface area contributed by atoms with Gasteiger partial charge in [0.15, 0.2) is 0 Å². The standard InChI is InChI=1S/C27H41N3O3/c1-28-16-18-29(19-17-28)26(32)20-27(22-33-24-10-3-2-4-11-24)14-7-15-30(21-27)25(31)13-12-23-8-5-6-9-23/h2-4,10-11,23H,5-9,12-22H2,1H3. The summed E-state index contributed by atoms with van der Waals surface area (Å²) in [5.74, 6) is 2.02. The lowest BCUT2D eigenvalue weighted by Crippen LogP contribution is -2.53. The quantitative estimate of drug-likeness (QED) is 0.598. The van der Waals surface area contributed by atoms with E-state index in [0.717, 1.165) is 63.7 Å². The molecule has 2 aliphatic heterocycles. The Hall–Kier alpha value is -2.08. The Labute approximate surface area is 199 Å². The van der Waals surface area contributed by atoms with Gasteiger partial charge in [-0.25, -0.2) is 0 Å². The summed E-state index contributed by atoms with van der Waals surface area (Å²) in [4.78, 5) is 32.7. The second-order valence-corrected chi connectivity index (χ2v) is 10.6. The van der Waals surface area contributed by atoms with Crippen molar-refractivity contribution in [3.05, 3.63) is 30.3 Å². The van der Waals surface area contributed by atoms with Crippen LogP contribution in [-0.2, 0) is 9.59 Å². The van der Waals surface area contributed by atoms with E-state index in [1.807, 2.05) is 40.1 Å². The van der Waals surface area contributed by atoms with Crippen molar-refractivity contribution >= 4 is 11.8 Å². The molecule has 3 fully saturated rings. The molecular weight excluding hydrogens is 414 g/mol. The molecule has 1 saturated carbocycles. The van der Waals surface area contributed by atoms with E-state index in [2.05, 4.69) is 11.9 Å². The Kier molecular flexibility index (Phi) is 8.29. The molecule has 2 heterocycles. The highest BCUT2D eigenvalue weighted by atomic mass is 16.5. The van der Waals surface area contributed by atoms with Gasteiger partial charge in [0.25, 0.3) is 0 Å². The van der Waals surface area contributed by atoms with Gasteiger partial charge in [0.05, 0.1) is 6.61 Å². The zero-order valence-electron chi connectivity index (χ0n) is 20.3. The number of hydrogen-bond acceptors (Lipinski definition) is 4. The minimum absolute atomic E-state index is 0.208. The first-order valence-corrected chi connectivity index (χ1v) is 12.9. The van der Waals surface area contributed by atoms with Crippen LogP contribution >= 0.6 is 0 Å². The Bertz CT molecular complexity index is 772. The van der Waals surface area contributed by atoms with Gasteiger partial charge in [-0.2, -0.15) is 0 Å². The molecule has 0 radical (unpaired) electrons. The number of likely N-dealkylation sites (N-methyl/N-ethyl adjacent to an activating group) is 1. The number of para-hydroxylation sites is 1. The zero-order chi connectivity index (χ0) is 23.1. The molecule has 2 amide bonds. The SMILES string of the molecule is CN1CCN(C(=O)CC2(COc3ccccc3)CCCN(C(=O)CCC3CCCC3)C2)CC1. The van der Waals surface area contributed by atoms with Crippen LogP contribution in [0.5, 0.6) is 5.75 Å². The summed E-state index contributed by atoms with van der Waals surface area (Å²) >= 11 is 0. The van der Waals surface area contributed by atoms with Crippen LogP contribution in [0.25, 0.3) is 0 Å². The molecule has 1 atom stereocenters. The van der Waals surface area contributed by atoms with Crippen LogP contribution in [0.3, 0.4) is 0 Å². The van der Waals surface area contributed by atoms with E-state index in [1.165, 1.54) is 25.7 Å². The van der Waals surface area contributed by atoms with Gasteiger partial charge < -0.3 is 19.4 Å². The van der Waals surface area contributed by atoms with Crippen molar-refractivity contribution in [3.8, 4) is 5.75 Å². The Morgan fingerprint density at radius 2 is 1.67 bits per heavy atom. The molecule has 1 aromatic carbocycles. The largest absolute Gasteiger partial charge is 0.493 e. The van der Waals surface area contributed by atoms with Gasteiger partial charge in [0, 0.05) is 57.5 Å². The molecule has 182 valence electrons. The fourth-order valence-corrected chi connectivity index (χ4v) is 5.76. The van der Waals surface area contributed by atoms with Crippen molar-refractivity contribution in [2.75, 3.05) is 52.9 Å². The Morgan fingerprint density at radius 1 is 0.939 bits per heavy atom. The third-order valence-electron chi connectivity index (χ3n) is 7.93. The van der Waals surface area contributed by atoms with Crippen LogP contribution in [0.15, 0.2) is 30.3 Å². The van der Waals surface area contributed by atoms with Gasteiger partial charge in [-0.3, -0.25) is 9.59 Å². The first kappa shape index (κ1) is 24.1.